The first-order valence-corrected chi connectivity index (χ1v) is 12.4. The van der Waals surface area contributed by atoms with Gasteiger partial charge in [-0.25, -0.2) is 4.39 Å². The quantitative estimate of drug-likeness (QED) is 0.215. The molecule has 4 aromatic rings. The van der Waals surface area contributed by atoms with Crippen LogP contribution in [-0.4, -0.2) is 4.98 Å². The van der Waals surface area contributed by atoms with E-state index in [-0.39, 0.29) is 5.82 Å². The Hall–Kier alpha value is -2.71. The van der Waals surface area contributed by atoms with Gasteiger partial charge in [0, 0.05) is 22.2 Å². The number of halogens is 2. The standard InChI is InChI=1S/C30H31ClFN/c1-2-3-4-5-6-7-23-11-19-29(33-21-23)26-15-18-28-25(20-26)14-13-24(30(28)32)12-8-22-9-16-27(31)17-10-22/h9-11,13-21H,2-8,12H2,1H3. The van der Waals surface area contributed by atoms with Crippen molar-refractivity contribution < 1.29 is 4.39 Å². The molecule has 0 aliphatic carbocycles. The molecular weight excluding hydrogens is 429 g/mol. The summed E-state index contributed by atoms with van der Waals surface area (Å²) < 4.78 is 15.2. The molecule has 0 saturated heterocycles. The summed E-state index contributed by atoms with van der Waals surface area (Å²) >= 11 is 5.95. The van der Waals surface area contributed by atoms with Crippen LogP contribution in [0.2, 0.25) is 5.02 Å². The second-order valence-corrected chi connectivity index (χ2v) is 9.25. The molecule has 0 atom stereocenters. The number of fused-ring (bicyclic) bond motifs is 1. The second kappa shape index (κ2) is 11.4. The number of aromatic nitrogens is 1. The zero-order valence-corrected chi connectivity index (χ0v) is 20.0. The van der Waals surface area contributed by atoms with E-state index in [1.54, 1.807) is 0 Å². The molecule has 4 rings (SSSR count). The van der Waals surface area contributed by atoms with Crippen LogP contribution in [0, 0.1) is 5.82 Å². The highest BCUT2D eigenvalue weighted by molar-refractivity contribution is 6.30. The highest BCUT2D eigenvalue weighted by atomic mass is 35.5. The summed E-state index contributed by atoms with van der Waals surface area (Å²) in [7, 11) is 0. The molecule has 0 amide bonds. The lowest BCUT2D eigenvalue weighted by Gasteiger charge is -2.09. The molecule has 33 heavy (non-hydrogen) atoms. The summed E-state index contributed by atoms with van der Waals surface area (Å²) in [4.78, 5) is 4.68. The summed E-state index contributed by atoms with van der Waals surface area (Å²) in [5.74, 6) is -0.126. The Morgan fingerprint density at radius 1 is 0.758 bits per heavy atom. The van der Waals surface area contributed by atoms with Crippen LogP contribution in [0.5, 0.6) is 0 Å². The summed E-state index contributed by atoms with van der Waals surface area (Å²) in [5.41, 5.74) is 5.13. The molecule has 1 nitrogen and oxygen atoms in total. The molecule has 3 heteroatoms. The third-order valence-corrected chi connectivity index (χ3v) is 6.57. The molecule has 0 bridgehead atoms. The van der Waals surface area contributed by atoms with Gasteiger partial charge in [-0.2, -0.15) is 0 Å². The van der Waals surface area contributed by atoms with Gasteiger partial charge in [-0.05, 0) is 72.0 Å². The number of hydrogen-bond donors (Lipinski definition) is 0. The van der Waals surface area contributed by atoms with Crippen molar-refractivity contribution in [3.8, 4) is 11.3 Å². The summed E-state index contributed by atoms with van der Waals surface area (Å²) in [6.45, 7) is 2.24. The van der Waals surface area contributed by atoms with Gasteiger partial charge < -0.3 is 0 Å². The van der Waals surface area contributed by atoms with Crippen molar-refractivity contribution in [2.75, 3.05) is 0 Å². The second-order valence-electron chi connectivity index (χ2n) is 8.82. The lowest BCUT2D eigenvalue weighted by molar-refractivity contribution is 0.620. The molecule has 0 unspecified atom stereocenters. The Bertz CT molecular complexity index is 1180. The van der Waals surface area contributed by atoms with Crippen molar-refractivity contribution in [1.29, 1.82) is 0 Å². The molecule has 0 saturated carbocycles. The smallest absolute Gasteiger partial charge is 0.134 e. The van der Waals surface area contributed by atoms with Crippen LogP contribution in [0.25, 0.3) is 22.0 Å². The largest absolute Gasteiger partial charge is 0.256 e. The maximum Gasteiger partial charge on any atom is 0.134 e. The molecule has 170 valence electrons. The van der Waals surface area contributed by atoms with Crippen LogP contribution in [0.3, 0.4) is 0 Å². The van der Waals surface area contributed by atoms with Crippen LogP contribution < -0.4 is 0 Å². The normalized spacial score (nSPS) is 11.2. The molecular formula is C30H31ClFN. The molecule has 0 aliphatic rings. The third kappa shape index (κ3) is 6.21. The predicted octanol–water partition coefficient (Wildman–Crippen LogP) is 8.99. The number of rotatable bonds is 10. The topological polar surface area (TPSA) is 12.9 Å². The van der Waals surface area contributed by atoms with Crippen molar-refractivity contribution >= 4 is 22.4 Å². The third-order valence-electron chi connectivity index (χ3n) is 6.32. The van der Waals surface area contributed by atoms with E-state index in [4.69, 9.17) is 11.6 Å². The Labute approximate surface area is 201 Å². The Morgan fingerprint density at radius 2 is 1.55 bits per heavy atom. The minimum Gasteiger partial charge on any atom is -0.256 e. The highest BCUT2D eigenvalue weighted by Gasteiger charge is 2.10. The van der Waals surface area contributed by atoms with E-state index < -0.39 is 0 Å². The average molecular weight is 460 g/mol. The number of nitrogens with zero attached hydrogens (tertiary/aromatic N) is 1. The van der Waals surface area contributed by atoms with E-state index in [9.17, 15) is 0 Å². The SMILES string of the molecule is CCCCCCCc1ccc(-c2ccc3c(F)c(CCc4ccc(Cl)cc4)ccc3c2)nc1. The van der Waals surface area contributed by atoms with Gasteiger partial charge in [0.2, 0.25) is 0 Å². The fourth-order valence-electron chi connectivity index (χ4n) is 4.30. The van der Waals surface area contributed by atoms with Crippen LogP contribution in [0.15, 0.2) is 72.9 Å². The Morgan fingerprint density at radius 3 is 2.30 bits per heavy atom. The lowest BCUT2D eigenvalue weighted by Crippen LogP contribution is -1.96. The van der Waals surface area contributed by atoms with E-state index >= 15 is 4.39 Å². The summed E-state index contributed by atoms with van der Waals surface area (Å²) in [6.07, 6.45) is 10.9. The minimum absolute atomic E-state index is 0.126. The zero-order chi connectivity index (χ0) is 23.0. The van der Waals surface area contributed by atoms with Crippen molar-refractivity contribution in [2.24, 2.45) is 0 Å². The van der Waals surface area contributed by atoms with Gasteiger partial charge in [0.05, 0.1) is 5.69 Å². The van der Waals surface area contributed by atoms with Crippen molar-refractivity contribution in [1.82, 2.24) is 4.98 Å². The van der Waals surface area contributed by atoms with Crippen LogP contribution >= 0.6 is 11.6 Å². The molecule has 3 aromatic carbocycles. The summed E-state index contributed by atoms with van der Waals surface area (Å²) in [5, 5.41) is 2.29. The van der Waals surface area contributed by atoms with Crippen LogP contribution in [0.1, 0.15) is 55.7 Å². The Kier molecular flexibility index (Phi) is 8.12. The van der Waals surface area contributed by atoms with Gasteiger partial charge in [0.25, 0.3) is 0 Å². The van der Waals surface area contributed by atoms with Gasteiger partial charge >= 0.3 is 0 Å². The number of aryl methyl sites for hydroxylation is 3. The molecule has 0 aliphatic heterocycles. The predicted molar refractivity (Wildman–Crippen MR) is 138 cm³/mol. The number of pyridine rings is 1. The molecule has 1 heterocycles. The van der Waals surface area contributed by atoms with E-state index in [0.717, 1.165) is 45.6 Å². The van der Waals surface area contributed by atoms with Gasteiger partial charge in [0.1, 0.15) is 5.82 Å². The minimum atomic E-state index is -0.126. The van der Waals surface area contributed by atoms with E-state index in [1.807, 2.05) is 60.8 Å². The van der Waals surface area contributed by atoms with E-state index in [1.165, 1.54) is 37.7 Å². The van der Waals surface area contributed by atoms with E-state index in [2.05, 4.69) is 24.0 Å². The molecule has 0 N–H and O–H groups in total. The van der Waals surface area contributed by atoms with Crippen molar-refractivity contribution in [2.45, 2.75) is 58.3 Å². The Balaban J connectivity index is 1.43. The molecule has 1 aromatic heterocycles. The van der Waals surface area contributed by atoms with Crippen LogP contribution in [-0.2, 0) is 19.3 Å². The number of benzene rings is 3. The average Bonchev–Trinajstić information content (AvgIpc) is 2.85. The molecule has 0 radical (unpaired) electrons. The summed E-state index contributed by atoms with van der Waals surface area (Å²) in [6, 6.07) is 21.8. The first-order chi connectivity index (χ1) is 16.1. The first kappa shape index (κ1) is 23.4. The highest BCUT2D eigenvalue weighted by Crippen LogP contribution is 2.27. The van der Waals surface area contributed by atoms with Gasteiger partial charge in [-0.1, -0.05) is 86.7 Å². The number of hydrogen-bond acceptors (Lipinski definition) is 1. The fourth-order valence-corrected chi connectivity index (χ4v) is 4.42. The monoisotopic (exact) mass is 459 g/mol. The number of unbranched alkanes of at least 4 members (excludes halogenated alkanes) is 4. The van der Waals surface area contributed by atoms with Crippen molar-refractivity contribution in [3.05, 3.63) is 100 Å². The van der Waals surface area contributed by atoms with Gasteiger partial charge in [0.15, 0.2) is 0 Å². The van der Waals surface area contributed by atoms with E-state index in [0.29, 0.717) is 11.8 Å². The van der Waals surface area contributed by atoms with Gasteiger partial charge in [-0.15, -0.1) is 0 Å². The maximum absolute atomic E-state index is 15.2. The molecule has 0 fully saturated rings. The van der Waals surface area contributed by atoms with Crippen molar-refractivity contribution in [3.63, 3.8) is 0 Å². The van der Waals surface area contributed by atoms with Crippen LogP contribution in [0.4, 0.5) is 4.39 Å². The first-order valence-electron chi connectivity index (χ1n) is 12.0. The maximum atomic E-state index is 15.2. The zero-order valence-electron chi connectivity index (χ0n) is 19.3. The lowest BCUT2D eigenvalue weighted by atomic mass is 9.98. The van der Waals surface area contributed by atoms with Gasteiger partial charge in [-0.3, -0.25) is 4.98 Å². The fraction of sp³-hybridized carbons (Fsp3) is 0.300. The molecule has 0 spiro atoms.